The fourth-order valence-electron chi connectivity index (χ4n) is 4.88. The molecule has 1 N–H and O–H groups in total. The van der Waals surface area contributed by atoms with Gasteiger partial charge in [-0.05, 0) is 74.0 Å². The van der Waals surface area contributed by atoms with Crippen LogP contribution in [-0.4, -0.2) is 16.1 Å². The topological polar surface area (TPSA) is 50.2 Å². The smallest absolute Gasteiger partial charge is 0.331 e. The number of unbranched alkanes of at least 4 members (excludes halogenated alkanes) is 4. The van der Waals surface area contributed by atoms with Crippen LogP contribution >= 0.6 is 0 Å². The molecule has 1 aliphatic rings. The lowest BCUT2D eigenvalue weighted by atomic mass is 9.75. The Kier molecular flexibility index (Phi) is 9.52. The molecule has 0 aliphatic heterocycles. The van der Waals surface area contributed by atoms with E-state index in [9.17, 15) is 9.90 Å². The summed E-state index contributed by atoms with van der Waals surface area (Å²) in [5.41, 5.74) is 5.53. The van der Waals surface area contributed by atoms with Gasteiger partial charge in [0.2, 0.25) is 0 Å². The molecule has 0 saturated heterocycles. The van der Waals surface area contributed by atoms with E-state index in [1.165, 1.54) is 30.4 Å². The number of aryl methyl sites for hydroxylation is 1. The van der Waals surface area contributed by atoms with Crippen LogP contribution in [0.3, 0.4) is 0 Å². The maximum Gasteiger partial charge on any atom is 0.331 e. The molecule has 1 heterocycles. The van der Waals surface area contributed by atoms with Crippen LogP contribution in [0.5, 0.6) is 0 Å². The molecule has 1 fully saturated rings. The van der Waals surface area contributed by atoms with Crippen LogP contribution in [0.25, 0.3) is 11.3 Å². The van der Waals surface area contributed by atoms with Crippen molar-refractivity contribution in [1.29, 1.82) is 0 Å². The van der Waals surface area contributed by atoms with Gasteiger partial charge in [-0.25, -0.2) is 4.79 Å². The Hall–Kier alpha value is -2.42. The lowest BCUT2D eigenvalue weighted by molar-refractivity contribution is -0.133. The van der Waals surface area contributed by atoms with Gasteiger partial charge in [-0.3, -0.25) is 4.98 Å². The first-order valence-electron chi connectivity index (χ1n) is 12.6. The van der Waals surface area contributed by atoms with Gasteiger partial charge < -0.3 is 5.11 Å². The Labute approximate surface area is 194 Å². The van der Waals surface area contributed by atoms with Crippen molar-refractivity contribution < 1.29 is 9.90 Å². The molecule has 32 heavy (non-hydrogen) atoms. The molecule has 0 atom stereocenters. The molecular formula is C29H39NO2. The number of aromatic nitrogens is 1. The SMILES string of the molecule is CCCCC=C(C(=O)O)[C@H]1CC[C@H](c2ccc(-c3ccc(CCCCC)cn3)cc2)CC1. The van der Waals surface area contributed by atoms with Crippen molar-refractivity contribution in [2.45, 2.75) is 90.4 Å². The van der Waals surface area contributed by atoms with Crippen molar-refractivity contribution in [3.05, 3.63) is 65.4 Å². The number of carboxylic acid groups (broad SMARTS) is 1. The molecule has 1 saturated carbocycles. The summed E-state index contributed by atoms with van der Waals surface area (Å²) in [5, 5.41) is 9.64. The van der Waals surface area contributed by atoms with E-state index in [1.807, 2.05) is 12.3 Å². The van der Waals surface area contributed by atoms with E-state index in [0.717, 1.165) is 62.6 Å². The first-order valence-corrected chi connectivity index (χ1v) is 12.6. The van der Waals surface area contributed by atoms with E-state index < -0.39 is 5.97 Å². The van der Waals surface area contributed by atoms with E-state index in [2.05, 4.69) is 55.2 Å². The summed E-state index contributed by atoms with van der Waals surface area (Å²) in [6, 6.07) is 13.2. The molecular weight excluding hydrogens is 394 g/mol. The minimum Gasteiger partial charge on any atom is -0.478 e. The van der Waals surface area contributed by atoms with Gasteiger partial charge in [0.25, 0.3) is 0 Å². The van der Waals surface area contributed by atoms with Crippen LogP contribution in [0.15, 0.2) is 54.2 Å². The molecule has 3 rings (SSSR count). The second kappa shape index (κ2) is 12.6. The van der Waals surface area contributed by atoms with E-state index in [0.29, 0.717) is 11.5 Å². The second-order valence-electron chi connectivity index (χ2n) is 9.29. The predicted octanol–water partition coefficient (Wildman–Crippen LogP) is 7.96. The third-order valence-corrected chi connectivity index (χ3v) is 6.91. The van der Waals surface area contributed by atoms with Crippen molar-refractivity contribution in [2.24, 2.45) is 5.92 Å². The van der Waals surface area contributed by atoms with Crippen LogP contribution in [0, 0.1) is 5.92 Å². The van der Waals surface area contributed by atoms with Crippen LogP contribution in [0.4, 0.5) is 0 Å². The van der Waals surface area contributed by atoms with Gasteiger partial charge in [-0.2, -0.15) is 0 Å². The van der Waals surface area contributed by atoms with Gasteiger partial charge >= 0.3 is 5.97 Å². The number of nitrogens with zero attached hydrogens (tertiary/aromatic N) is 1. The minimum atomic E-state index is -0.724. The predicted molar refractivity (Wildman–Crippen MR) is 133 cm³/mol. The number of aliphatic carboxylic acids is 1. The van der Waals surface area contributed by atoms with Crippen molar-refractivity contribution >= 4 is 5.97 Å². The highest BCUT2D eigenvalue weighted by atomic mass is 16.4. The molecule has 0 radical (unpaired) electrons. The Morgan fingerprint density at radius 1 is 0.969 bits per heavy atom. The summed E-state index contributed by atoms with van der Waals surface area (Å²) in [5.74, 6) is 0.0117. The third-order valence-electron chi connectivity index (χ3n) is 6.91. The molecule has 2 aromatic rings. The Morgan fingerprint density at radius 3 is 2.28 bits per heavy atom. The molecule has 1 aliphatic carbocycles. The maximum absolute atomic E-state index is 11.7. The standard InChI is InChI=1S/C29H39NO2/c1-3-5-7-9-22-11-20-28(30-21-22)26-18-14-24(15-19-26)23-12-16-25(17-13-23)27(29(31)32)10-8-6-4-2/h10-11,14-15,18-21,23,25H,3-9,12-13,16-17H2,1-2H3,(H,31,32)/t23-,25-. The summed E-state index contributed by atoms with van der Waals surface area (Å²) in [7, 11) is 0. The van der Waals surface area contributed by atoms with Crippen molar-refractivity contribution in [3.63, 3.8) is 0 Å². The van der Waals surface area contributed by atoms with Crippen LogP contribution in [-0.2, 0) is 11.2 Å². The summed E-state index contributed by atoms with van der Waals surface area (Å²) >= 11 is 0. The highest BCUT2D eigenvalue weighted by Gasteiger charge is 2.27. The van der Waals surface area contributed by atoms with E-state index in [4.69, 9.17) is 0 Å². The molecule has 1 aromatic carbocycles. The van der Waals surface area contributed by atoms with Crippen molar-refractivity contribution in [2.75, 3.05) is 0 Å². The normalized spacial score (nSPS) is 19.1. The number of hydrogen-bond acceptors (Lipinski definition) is 2. The van der Waals surface area contributed by atoms with Gasteiger partial charge in [-0.1, -0.05) is 75.9 Å². The molecule has 1 aromatic heterocycles. The summed E-state index contributed by atoms with van der Waals surface area (Å²) in [6.45, 7) is 4.38. The van der Waals surface area contributed by atoms with Crippen molar-refractivity contribution in [3.8, 4) is 11.3 Å². The number of pyridine rings is 1. The van der Waals surface area contributed by atoms with E-state index in [-0.39, 0.29) is 5.92 Å². The third kappa shape index (κ3) is 6.79. The molecule has 0 bridgehead atoms. The number of hydrogen-bond donors (Lipinski definition) is 1. The van der Waals surface area contributed by atoms with Crippen LogP contribution in [0.2, 0.25) is 0 Å². The monoisotopic (exact) mass is 433 g/mol. The van der Waals surface area contributed by atoms with Gasteiger partial charge in [0.15, 0.2) is 0 Å². The molecule has 0 spiro atoms. The molecule has 3 nitrogen and oxygen atoms in total. The maximum atomic E-state index is 11.7. The van der Waals surface area contributed by atoms with Gasteiger partial charge in [0.05, 0.1) is 5.69 Å². The number of carbonyl (C=O) groups is 1. The molecule has 3 heteroatoms. The molecule has 0 unspecified atom stereocenters. The summed E-state index contributed by atoms with van der Waals surface area (Å²) in [6.07, 6.45) is 16.0. The van der Waals surface area contributed by atoms with Gasteiger partial charge in [-0.15, -0.1) is 0 Å². The lowest BCUT2D eigenvalue weighted by Crippen LogP contribution is -2.19. The molecule has 172 valence electrons. The largest absolute Gasteiger partial charge is 0.478 e. The quantitative estimate of drug-likeness (QED) is 0.289. The zero-order valence-electron chi connectivity index (χ0n) is 19.9. The zero-order valence-corrected chi connectivity index (χ0v) is 19.9. The Balaban J connectivity index is 1.57. The fourth-order valence-corrected chi connectivity index (χ4v) is 4.88. The number of benzene rings is 1. The Bertz CT molecular complexity index is 859. The van der Waals surface area contributed by atoms with Crippen LogP contribution < -0.4 is 0 Å². The highest BCUT2D eigenvalue weighted by Crippen LogP contribution is 2.39. The van der Waals surface area contributed by atoms with Crippen molar-refractivity contribution in [1.82, 2.24) is 4.98 Å². The number of carboxylic acids is 1. The van der Waals surface area contributed by atoms with E-state index in [1.54, 1.807) is 0 Å². The van der Waals surface area contributed by atoms with Crippen LogP contribution in [0.1, 0.15) is 95.1 Å². The average Bonchev–Trinajstić information content (AvgIpc) is 2.83. The lowest BCUT2D eigenvalue weighted by Gasteiger charge is -2.29. The molecule has 0 amide bonds. The second-order valence-corrected chi connectivity index (χ2v) is 9.29. The van der Waals surface area contributed by atoms with Gasteiger partial charge in [0.1, 0.15) is 0 Å². The first-order chi connectivity index (χ1) is 15.6. The highest BCUT2D eigenvalue weighted by molar-refractivity contribution is 5.87. The zero-order chi connectivity index (χ0) is 22.8. The van der Waals surface area contributed by atoms with E-state index >= 15 is 0 Å². The summed E-state index contributed by atoms with van der Waals surface area (Å²) < 4.78 is 0. The summed E-state index contributed by atoms with van der Waals surface area (Å²) in [4.78, 5) is 16.4. The first kappa shape index (κ1) is 24.2. The fraction of sp³-hybridized carbons (Fsp3) is 0.517. The minimum absolute atomic E-state index is 0.208. The van der Waals surface area contributed by atoms with Gasteiger partial charge in [0, 0.05) is 17.3 Å². The number of rotatable bonds is 11. The number of allylic oxidation sites excluding steroid dienone is 1. The Morgan fingerprint density at radius 2 is 1.69 bits per heavy atom. The average molecular weight is 434 g/mol.